The van der Waals surface area contributed by atoms with Gasteiger partial charge >= 0.3 is 0 Å². The van der Waals surface area contributed by atoms with Gasteiger partial charge in [-0.3, -0.25) is 0 Å². The molecule has 0 saturated carbocycles. The van der Waals surface area contributed by atoms with Crippen molar-refractivity contribution in [2.75, 3.05) is 18.0 Å². The summed E-state index contributed by atoms with van der Waals surface area (Å²) in [5.74, 6) is 1.67. The van der Waals surface area contributed by atoms with E-state index in [1.54, 1.807) is 11.3 Å². The van der Waals surface area contributed by atoms with Crippen LogP contribution in [0.15, 0.2) is 65.0 Å². The van der Waals surface area contributed by atoms with Crippen LogP contribution in [0.25, 0.3) is 11.6 Å². The summed E-state index contributed by atoms with van der Waals surface area (Å²) in [6.45, 7) is 4.47. The molecule has 0 saturated heterocycles. The van der Waals surface area contributed by atoms with Crippen LogP contribution in [0, 0.1) is 11.3 Å². The molecular formula is C27H26N2OS. The molecule has 0 amide bonds. The van der Waals surface area contributed by atoms with E-state index in [1.807, 2.05) is 35.7 Å². The Morgan fingerprint density at radius 1 is 1.16 bits per heavy atom. The third kappa shape index (κ3) is 3.98. The molecule has 0 N–H and O–H groups in total. The molecule has 3 nitrogen and oxygen atoms in total. The molecule has 0 spiro atoms. The van der Waals surface area contributed by atoms with Gasteiger partial charge in [-0.05, 0) is 84.2 Å². The van der Waals surface area contributed by atoms with Crippen molar-refractivity contribution < 1.29 is 4.74 Å². The number of benzene rings is 1. The summed E-state index contributed by atoms with van der Waals surface area (Å²) < 4.78 is 6.08. The van der Waals surface area contributed by atoms with E-state index in [0.29, 0.717) is 5.57 Å². The molecule has 3 aliphatic rings. The Morgan fingerprint density at radius 3 is 2.58 bits per heavy atom. The lowest BCUT2D eigenvalue weighted by atomic mass is 9.90. The van der Waals surface area contributed by atoms with Gasteiger partial charge in [0.2, 0.25) is 0 Å². The SMILES string of the molecule is CCC1=C/C(=C(/C#N)c2cccs2)C=C(C=Cc2cc3c4c(c2)CCCN4CCC3)O1. The molecule has 4 heteroatoms. The zero-order valence-electron chi connectivity index (χ0n) is 17.9. The minimum atomic E-state index is 0.702. The summed E-state index contributed by atoms with van der Waals surface area (Å²) >= 11 is 1.59. The van der Waals surface area contributed by atoms with Gasteiger partial charge in [-0.1, -0.05) is 19.1 Å². The highest BCUT2D eigenvalue weighted by atomic mass is 32.1. The van der Waals surface area contributed by atoms with Crippen LogP contribution in [0.2, 0.25) is 0 Å². The van der Waals surface area contributed by atoms with E-state index in [2.05, 4.69) is 36.1 Å². The van der Waals surface area contributed by atoms with Gasteiger partial charge in [0.1, 0.15) is 17.6 Å². The summed E-state index contributed by atoms with van der Waals surface area (Å²) in [5.41, 5.74) is 7.33. The molecular weight excluding hydrogens is 400 g/mol. The smallest absolute Gasteiger partial charge is 0.127 e. The van der Waals surface area contributed by atoms with Crippen LogP contribution in [0.4, 0.5) is 5.69 Å². The van der Waals surface area contributed by atoms with Crippen molar-refractivity contribution in [2.24, 2.45) is 0 Å². The number of rotatable bonds is 4. The van der Waals surface area contributed by atoms with Gasteiger partial charge in [0.15, 0.2) is 0 Å². The first-order valence-electron chi connectivity index (χ1n) is 11.1. The standard InChI is InChI=1S/C27H26N2OS/c1-2-23-16-22(25(18-28)26-8-5-13-31-26)17-24(30-23)10-9-19-14-20-6-3-11-29-12-4-7-21(15-19)27(20)29/h5,8-10,13-17H,2-4,6-7,11-12H2,1H3/b10-9?,25-22+. The van der Waals surface area contributed by atoms with Crippen molar-refractivity contribution >= 4 is 28.7 Å². The van der Waals surface area contributed by atoms with Crippen LogP contribution < -0.4 is 4.90 Å². The number of nitriles is 1. The van der Waals surface area contributed by atoms with E-state index in [9.17, 15) is 5.26 Å². The van der Waals surface area contributed by atoms with Crippen molar-refractivity contribution in [3.8, 4) is 6.07 Å². The Balaban J connectivity index is 1.48. The van der Waals surface area contributed by atoms with Crippen molar-refractivity contribution in [1.82, 2.24) is 0 Å². The van der Waals surface area contributed by atoms with E-state index in [0.717, 1.165) is 28.4 Å². The highest BCUT2D eigenvalue weighted by Gasteiger charge is 2.23. The maximum Gasteiger partial charge on any atom is 0.127 e. The van der Waals surface area contributed by atoms with Crippen molar-refractivity contribution in [3.05, 3.63) is 86.5 Å². The average molecular weight is 427 g/mol. The lowest BCUT2D eigenvalue weighted by Crippen LogP contribution is -2.34. The number of hydrogen-bond donors (Lipinski definition) is 0. The van der Waals surface area contributed by atoms with Crippen molar-refractivity contribution in [2.45, 2.75) is 39.0 Å². The van der Waals surface area contributed by atoms with Gasteiger partial charge in [0.25, 0.3) is 0 Å². The summed E-state index contributed by atoms with van der Waals surface area (Å²) in [4.78, 5) is 3.56. The Kier molecular flexibility index (Phi) is 5.53. The molecule has 0 atom stereocenters. The molecule has 5 rings (SSSR count). The molecule has 0 bridgehead atoms. The van der Waals surface area contributed by atoms with E-state index >= 15 is 0 Å². The van der Waals surface area contributed by atoms with E-state index in [4.69, 9.17) is 4.74 Å². The van der Waals surface area contributed by atoms with Crippen LogP contribution in [0.1, 0.15) is 47.8 Å². The second kappa shape index (κ2) is 8.61. The lowest BCUT2D eigenvalue weighted by Gasteiger charge is -2.37. The van der Waals surface area contributed by atoms with Gasteiger partial charge in [-0.2, -0.15) is 5.26 Å². The monoisotopic (exact) mass is 426 g/mol. The summed E-state index contributed by atoms with van der Waals surface area (Å²) in [7, 11) is 0. The summed E-state index contributed by atoms with van der Waals surface area (Å²) in [6, 6.07) is 11.1. The van der Waals surface area contributed by atoms with Gasteiger partial charge < -0.3 is 9.64 Å². The Labute approximate surface area is 188 Å². The van der Waals surface area contributed by atoms with Crippen molar-refractivity contribution in [1.29, 1.82) is 5.26 Å². The third-order valence-corrected chi connectivity index (χ3v) is 7.06. The zero-order valence-corrected chi connectivity index (χ0v) is 18.7. The zero-order chi connectivity index (χ0) is 21.2. The quantitative estimate of drug-likeness (QED) is 0.514. The first-order chi connectivity index (χ1) is 15.2. The first-order valence-corrected chi connectivity index (χ1v) is 12.0. The minimum Gasteiger partial charge on any atom is -0.462 e. The largest absolute Gasteiger partial charge is 0.462 e. The van der Waals surface area contributed by atoms with Crippen LogP contribution in [-0.2, 0) is 17.6 Å². The second-order valence-corrected chi connectivity index (χ2v) is 9.20. The summed E-state index contributed by atoms with van der Waals surface area (Å²) in [6.07, 6.45) is 13.8. The fraction of sp³-hybridized carbons (Fsp3) is 0.296. The van der Waals surface area contributed by atoms with Gasteiger partial charge in [0, 0.05) is 35.6 Å². The molecule has 3 aliphatic heterocycles. The van der Waals surface area contributed by atoms with Crippen molar-refractivity contribution in [3.63, 3.8) is 0 Å². The number of hydrogen-bond acceptors (Lipinski definition) is 4. The molecule has 0 radical (unpaired) electrons. The second-order valence-electron chi connectivity index (χ2n) is 8.25. The molecule has 0 aliphatic carbocycles. The third-order valence-electron chi connectivity index (χ3n) is 6.17. The molecule has 4 heterocycles. The normalized spacial score (nSPS) is 19.3. The number of aryl methyl sites for hydroxylation is 2. The van der Waals surface area contributed by atoms with E-state index in [-0.39, 0.29) is 0 Å². The Morgan fingerprint density at radius 2 is 1.94 bits per heavy atom. The average Bonchev–Trinajstić information content (AvgIpc) is 3.33. The number of thiophene rings is 1. The topological polar surface area (TPSA) is 36.3 Å². The molecule has 156 valence electrons. The molecule has 1 aromatic carbocycles. The van der Waals surface area contributed by atoms with Gasteiger partial charge in [-0.25, -0.2) is 0 Å². The molecule has 31 heavy (non-hydrogen) atoms. The molecule has 1 aromatic heterocycles. The predicted octanol–water partition coefficient (Wildman–Crippen LogP) is 6.65. The summed E-state index contributed by atoms with van der Waals surface area (Å²) in [5, 5.41) is 11.8. The number of anilines is 1. The molecule has 0 fully saturated rings. The predicted molar refractivity (Wildman–Crippen MR) is 129 cm³/mol. The van der Waals surface area contributed by atoms with Crippen LogP contribution >= 0.6 is 11.3 Å². The number of ether oxygens (including phenoxy) is 1. The van der Waals surface area contributed by atoms with Gasteiger partial charge in [-0.15, -0.1) is 11.3 Å². The highest BCUT2D eigenvalue weighted by Crippen LogP contribution is 2.36. The fourth-order valence-electron chi connectivity index (χ4n) is 4.77. The molecule has 0 unspecified atom stereocenters. The Hall–Kier alpha value is -3.03. The highest BCUT2D eigenvalue weighted by molar-refractivity contribution is 7.11. The lowest BCUT2D eigenvalue weighted by molar-refractivity contribution is 0.304. The molecule has 2 aromatic rings. The van der Waals surface area contributed by atoms with E-state index in [1.165, 1.54) is 61.2 Å². The number of allylic oxidation sites excluding steroid dienone is 6. The Bertz CT molecular complexity index is 1130. The van der Waals surface area contributed by atoms with Crippen LogP contribution in [0.5, 0.6) is 0 Å². The van der Waals surface area contributed by atoms with Gasteiger partial charge in [0.05, 0.1) is 5.57 Å². The van der Waals surface area contributed by atoms with Crippen LogP contribution in [0.3, 0.4) is 0 Å². The number of nitrogens with zero attached hydrogens (tertiary/aromatic N) is 2. The maximum atomic E-state index is 9.78. The van der Waals surface area contributed by atoms with E-state index < -0.39 is 0 Å². The fourth-order valence-corrected chi connectivity index (χ4v) is 5.51. The minimum absolute atomic E-state index is 0.702. The van der Waals surface area contributed by atoms with Crippen LogP contribution in [-0.4, -0.2) is 13.1 Å². The maximum absolute atomic E-state index is 9.78. The first kappa shape index (κ1) is 19.9.